The van der Waals surface area contributed by atoms with Gasteiger partial charge >= 0.3 is 0 Å². The maximum Gasteiger partial charge on any atom is 0.166 e. The van der Waals surface area contributed by atoms with E-state index < -0.39 is 0 Å². The van der Waals surface area contributed by atoms with Crippen LogP contribution < -0.4 is 5.32 Å². The minimum atomic E-state index is 0.571. The Morgan fingerprint density at radius 3 is 3.17 bits per heavy atom. The Kier molecular flexibility index (Phi) is 4.52. The van der Waals surface area contributed by atoms with Crippen molar-refractivity contribution in [2.45, 2.75) is 39.0 Å². The largest absolute Gasteiger partial charge is 0.367 e. The number of nitrogens with one attached hydrogen (secondary N) is 1. The van der Waals surface area contributed by atoms with Crippen LogP contribution in [0.4, 0.5) is 5.82 Å². The van der Waals surface area contributed by atoms with Gasteiger partial charge in [0.2, 0.25) is 0 Å². The summed E-state index contributed by atoms with van der Waals surface area (Å²) >= 11 is 0. The molecule has 0 spiro atoms. The molecule has 18 heavy (non-hydrogen) atoms. The van der Waals surface area contributed by atoms with E-state index in [1.807, 2.05) is 0 Å². The second-order valence-electron chi connectivity index (χ2n) is 5.26. The molecule has 1 N–H and O–H groups in total. The first-order valence-electron chi connectivity index (χ1n) is 6.75. The third-order valence-electron chi connectivity index (χ3n) is 3.73. The van der Waals surface area contributed by atoms with Crippen LogP contribution in [-0.4, -0.2) is 16.7 Å². The lowest BCUT2D eigenvalue weighted by Crippen LogP contribution is -2.17. The molecule has 1 aromatic heterocycles. The average molecular weight is 244 g/mol. The lowest BCUT2D eigenvalue weighted by molar-refractivity contribution is 0.274. The first-order chi connectivity index (χ1) is 8.79. The van der Waals surface area contributed by atoms with Gasteiger partial charge in [0, 0.05) is 6.54 Å². The van der Waals surface area contributed by atoms with E-state index >= 15 is 0 Å². The van der Waals surface area contributed by atoms with Gasteiger partial charge in [-0.3, -0.25) is 0 Å². The van der Waals surface area contributed by atoms with Gasteiger partial charge < -0.3 is 5.32 Å². The van der Waals surface area contributed by atoms with Crippen molar-refractivity contribution in [3.05, 3.63) is 17.8 Å². The second-order valence-corrected chi connectivity index (χ2v) is 5.26. The predicted octanol–water partition coefficient (Wildman–Crippen LogP) is 2.98. The smallest absolute Gasteiger partial charge is 0.166 e. The molecule has 1 fully saturated rings. The minimum absolute atomic E-state index is 0.571. The zero-order valence-corrected chi connectivity index (χ0v) is 10.9. The zero-order chi connectivity index (χ0) is 12.8. The van der Waals surface area contributed by atoms with E-state index in [0.29, 0.717) is 11.4 Å². The first-order valence-corrected chi connectivity index (χ1v) is 6.75. The van der Waals surface area contributed by atoms with Crippen LogP contribution in [0.25, 0.3) is 0 Å². The van der Waals surface area contributed by atoms with E-state index in [0.717, 1.165) is 24.8 Å². The van der Waals surface area contributed by atoms with Crippen molar-refractivity contribution >= 4 is 5.82 Å². The highest BCUT2D eigenvalue weighted by molar-refractivity contribution is 5.49. The van der Waals surface area contributed by atoms with Gasteiger partial charge in [-0.15, -0.1) is 5.10 Å². The summed E-state index contributed by atoms with van der Waals surface area (Å²) < 4.78 is 0. The Bertz CT molecular complexity index is 424. The molecule has 0 radical (unpaired) electrons. The maximum atomic E-state index is 8.94. The van der Waals surface area contributed by atoms with Crippen LogP contribution in [0.2, 0.25) is 0 Å². The van der Waals surface area contributed by atoms with Gasteiger partial charge in [0.25, 0.3) is 0 Å². The molecule has 2 rings (SSSR count). The van der Waals surface area contributed by atoms with Crippen LogP contribution in [0.1, 0.15) is 44.6 Å². The van der Waals surface area contributed by atoms with Crippen molar-refractivity contribution in [1.29, 1.82) is 5.26 Å². The topological polar surface area (TPSA) is 61.6 Å². The number of aromatic nitrogens is 2. The van der Waals surface area contributed by atoms with Crippen LogP contribution in [0.3, 0.4) is 0 Å². The van der Waals surface area contributed by atoms with Crippen molar-refractivity contribution in [2.24, 2.45) is 11.8 Å². The van der Waals surface area contributed by atoms with E-state index in [4.69, 9.17) is 5.26 Å². The molecule has 4 nitrogen and oxygen atoms in total. The quantitative estimate of drug-likeness (QED) is 0.884. The van der Waals surface area contributed by atoms with E-state index in [1.165, 1.54) is 25.7 Å². The van der Waals surface area contributed by atoms with Gasteiger partial charge in [-0.2, -0.15) is 10.4 Å². The van der Waals surface area contributed by atoms with Crippen LogP contribution in [0.5, 0.6) is 0 Å². The van der Waals surface area contributed by atoms with Gasteiger partial charge in [0.15, 0.2) is 5.82 Å². The maximum absolute atomic E-state index is 8.94. The molecule has 4 heteroatoms. The van der Waals surface area contributed by atoms with E-state index in [2.05, 4.69) is 28.5 Å². The second kappa shape index (κ2) is 6.34. The summed E-state index contributed by atoms with van der Waals surface area (Å²) in [6.07, 6.45) is 8.14. The minimum Gasteiger partial charge on any atom is -0.367 e. The van der Waals surface area contributed by atoms with Crippen molar-refractivity contribution in [3.63, 3.8) is 0 Å². The van der Waals surface area contributed by atoms with E-state index in [9.17, 15) is 0 Å². The molecule has 1 saturated carbocycles. The highest BCUT2D eigenvalue weighted by Crippen LogP contribution is 2.30. The molecule has 1 aliphatic carbocycles. The van der Waals surface area contributed by atoms with Gasteiger partial charge in [-0.05, 0) is 30.7 Å². The summed E-state index contributed by atoms with van der Waals surface area (Å²) in [4.78, 5) is 0. The average Bonchev–Trinajstić information content (AvgIpc) is 2.39. The third-order valence-corrected chi connectivity index (χ3v) is 3.73. The van der Waals surface area contributed by atoms with Crippen LogP contribution in [0.15, 0.2) is 12.3 Å². The highest BCUT2D eigenvalue weighted by atomic mass is 15.2. The molecule has 0 aliphatic heterocycles. The van der Waals surface area contributed by atoms with Crippen LogP contribution in [-0.2, 0) is 0 Å². The molecule has 0 aromatic carbocycles. The van der Waals surface area contributed by atoms with Crippen molar-refractivity contribution < 1.29 is 0 Å². The van der Waals surface area contributed by atoms with Crippen LogP contribution in [0, 0.1) is 23.2 Å². The summed E-state index contributed by atoms with van der Waals surface area (Å²) in [6.45, 7) is 3.22. The number of anilines is 1. The molecule has 1 aliphatic rings. The monoisotopic (exact) mass is 244 g/mol. The summed E-state index contributed by atoms with van der Waals surface area (Å²) in [5.74, 6) is 2.31. The van der Waals surface area contributed by atoms with Gasteiger partial charge in [-0.25, -0.2) is 0 Å². The summed E-state index contributed by atoms with van der Waals surface area (Å²) in [5.41, 5.74) is 0.571. The summed E-state index contributed by atoms with van der Waals surface area (Å²) in [5, 5.41) is 19.9. The van der Waals surface area contributed by atoms with Gasteiger partial charge in [-0.1, -0.05) is 26.2 Å². The normalized spacial score (nSPS) is 23.3. The molecule has 1 aromatic rings. The summed E-state index contributed by atoms with van der Waals surface area (Å²) in [7, 11) is 0. The van der Waals surface area contributed by atoms with Gasteiger partial charge in [0.05, 0.1) is 11.8 Å². The molecular formula is C14H20N4. The van der Waals surface area contributed by atoms with Crippen molar-refractivity contribution in [2.75, 3.05) is 11.9 Å². The third kappa shape index (κ3) is 3.43. The van der Waals surface area contributed by atoms with E-state index in [1.54, 1.807) is 12.3 Å². The first kappa shape index (κ1) is 12.8. The molecule has 2 atom stereocenters. The molecule has 0 saturated heterocycles. The Labute approximate surface area is 108 Å². The Hall–Kier alpha value is -1.63. The summed E-state index contributed by atoms with van der Waals surface area (Å²) in [6, 6.07) is 3.82. The fraction of sp³-hybridized carbons (Fsp3) is 0.643. The van der Waals surface area contributed by atoms with Crippen molar-refractivity contribution in [1.82, 2.24) is 10.2 Å². The number of hydrogen-bond donors (Lipinski definition) is 1. The Morgan fingerprint density at radius 2 is 2.39 bits per heavy atom. The fourth-order valence-corrected chi connectivity index (χ4v) is 2.77. The number of hydrogen-bond acceptors (Lipinski definition) is 4. The molecule has 0 amide bonds. The Balaban J connectivity index is 1.80. The molecule has 96 valence electrons. The van der Waals surface area contributed by atoms with Gasteiger partial charge in [0.1, 0.15) is 6.07 Å². The molecule has 2 unspecified atom stereocenters. The number of nitrogens with zero attached hydrogens (tertiary/aromatic N) is 3. The number of rotatable bonds is 4. The Morgan fingerprint density at radius 1 is 1.50 bits per heavy atom. The SMILES string of the molecule is CC1CCCC(CCNc2nnccc2C#N)C1. The molecule has 0 bridgehead atoms. The van der Waals surface area contributed by atoms with Crippen molar-refractivity contribution in [3.8, 4) is 6.07 Å². The lowest BCUT2D eigenvalue weighted by atomic mass is 9.81. The standard InChI is InChI=1S/C14H20N4/c1-11-3-2-4-12(9-11)5-7-16-14-13(10-15)6-8-17-18-14/h6,8,11-12H,2-5,7,9H2,1H3,(H,16,18). The highest BCUT2D eigenvalue weighted by Gasteiger charge is 2.18. The molecular weight excluding hydrogens is 224 g/mol. The number of nitriles is 1. The zero-order valence-electron chi connectivity index (χ0n) is 10.9. The fourth-order valence-electron chi connectivity index (χ4n) is 2.77. The van der Waals surface area contributed by atoms with E-state index in [-0.39, 0.29) is 0 Å². The molecule has 1 heterocycles. The predicted molar refractivity (Wildman–Crippen MR) is 71.0 cm³/mol. The van der Waals surface area contributed by atoms with Crippen LogP contribution >= 0.6 is 0 Å². The lowest BCUT2D eigenvalue weighted by Gasteiger charge is -2.26.